The van der Waals surface area contributed by atoms with Crippen LogP contribution in [0.1, 0.15) is 0 Å². The van der Waals surface area contributed by atoms with Crippen LogP contribution in [0.5, 0.6) is 0 Å². The molecule has 0 amide bonds. The maximum absolute atomic E-state index is 2.61. The number of benzene rings is 14. The minimum atomic E-state index is -0.165. The molecule has 0 saturated heterocycles. The van der Waals surface area contributed by atoms with Gasteiger partial charge in [-0.05, 0) is 177 Å². The van der Waals surface area contributed by atoms with E-state index in [2.05, 4.69) is 356 Å². The molecule has 0 bridgehead atoms. The van der Waals surface area contributed by atoms with Crippen molar-refractivity contribution >= 4 is 57.2 Å². The molecule has 0 N–H and O–H groups in total. The maximum Gasteiger partial charge on any atom is 0.252 e. The number of para-hydroxylation sites is 1. The fraction of sp³-hybridized carbons (Fsp3) is 0. The summed E-state index contributed by atoms with van der Waals surface area (Å²) < 4.78 is 0. The molecular weight excluding hydrogens is 1050 g/mol. The first kappa shape index (κ1) is 51.4. The number of hydrogen-bond donors (Lipinski definition) is 0. The van der Waals surface area contributed by atoms with E-state index < -0.39 is 0 Å². The largest absolute Gasteiger partial charge is 0.311 e. The van der Waals surface area contributed by atoms with Gasteiger partial charge in [0.25, 0.3) is 6.71 Å². The van der Waals surface area contributed by atoms with Crippen molar-refractivity contribution in [1.29, 1.82) is 0 Å². The second-order valence-electron chi connectivity index (χ2n) is 22.7. The topological polar surface area (TPSA) is 6.48 Å². The molecule has 0 aliphatic carbocycles. The van der Waals surface area contributed by atoms with Crippen molar-refractivity contribution in [2.45, 2.75) is 0 Å². The fourth-order valence-corrected chi connectivity index (χ4v) is 13.7. The molecule has 2 aliphatic heterocycles. The first-order valence-electron chi connectivity index (χ1n) is 30.1. The lowest BCUT2D eigenvalue weighted by Gasteiger charge is -2.45. The van der Waals surface area contributed by atoms with Gasteiger partial charge < -0.3 is 9.80 Å². The third kappa shape index (κ3) is 9.34. The van der Waals surface area contributed by atoms with E-state index in [0.29, 0.717) is 0 Å². The van der Waals surface area contributed by atoms with Gasteiger partial charge in [0.2, 0.25) is 0 Å². The highest BCUT2D eigenvalue weighted by Gasteiger charge is 2.44. The lowest BCUT2D eigenvalue weighted by molar-refractivity contribution is 1.25. The highest BCUT2D eigenvalue weighted by Crippen LogP contribution is 2.51. The molecule has 87 heavy (non-hydrogen) atoms. The molecule has 0 spiro atoms. The SMILES string of the molecule is c1ccc(-c2cc(-c3ccccc3)cc(N3c4ccccc4B4c5cc(-c6ccccc6-c6ccccc6)ccc5N(c5cc(-c6ccccc6)cc(-c6ccccc6)c5)c5cc(-c6c(-c7ccccc7)cccc6-c6ccccc6)cc3c54)c2)cc1. The smallest absolute Gasteiger partial charge is 0.252 e. The van der Waals surface area contributed by atoms with Crippen molar-refractivity contribution in [3.63, 3.8) is 0 Å². The van der Waals surface area contributed by atoms with Crippen LogP contribution in [0.4, 0.5) is 34.1 Å². The molecule has 0 aromatic heterocycles. The molecule has 0 saturated carbocycles. The fourth-order valence-electron chi connectivity index (χ4n) is 13.7. The lowest BCUT2D eigenvalue weighted by atomic mass is 9.33. The van der Waals surface area contributed by atoms with Gasteiger partial charge in [-0.2, -0.15) is 0 Å². The van der Waals surface area contributed by atoms with E-state index in [9.17, 15) is 0 Å². The first-order valence-corrected chi connectivity index (χ1v) is 30.1. The third-order valence-corrected chi connectivity index (χ3v) is 17.6. The zero-order valence-corrected chi connectivity index (χ0v) is 47.9. The van der Waals surface area contributed by atoms with Gasteiger partial charge in [0.05, 0.1) is 0 Å². The van der Waals surface area contributed by atoms with Crippen LogP contribution in [0, 0.1) is 0 Å². The first-order chi connectivity index (χ1) is 43.2. The van der Waals surface area contributed by atoms with Crippen molar-refractivity contribution < 1.29 is 0 Å². The Morgan fingerprint density at radius 3 is 0.943 bits per heavy atom. The van der Waals surface area contributed by atoms with Gasteiger partial charge >= 0.3 is 0 Å². The molecule has 0 atom stereocenters. The van der Waals surface area contributed by atoms with Crippen LogP contribution in [-0.4, -0.2) is 6.71 Å². The van der Waals surface area contributed by atoms with Crippen LogP contribution in [-0.2, 0) is 0 Å². The minimum absolute atomic E-state index is 0.165. The molecule has 2 nitrogen and oxygen atoms in total. The van der Waals surface area contributed by atoms with E-state index in [1.165, 1.54) is 55.3 Å². The maximum atomic E-state index is 2.61. The molecule has 16 rings (SSSR count). The Morgan fingerprint density at radius 1 is 0.184 bits per heavy atom. The number of rotatable bonds is 11. The van der Waals surface area contributed by atoms with Gasteiger partial charge in [0, 0.05) is 34.1 Å². The summed E-state index contributed by atoms with van der Waals surface area (Å²) >= 11 is 0. The standard InChI is InChI=1S/C84H57BN2/c1-8-27-58(28-9-1)66-49-67(59-29-10-2-11-30-59)52-71(51-66)86-79-46-25-24-45-77(79)85-78-55-65(74-42-23-22-41-73(74)62-35-16-5-17-36-62)47-48-80(78)87(72-53-68(60-31-12-3-13-32-60)50-69(54-72)61-33-14-4-15-34-61)82-57-70(56-81(86)84(82)85)83-75(63-37-18-6-19-38-63)43-26-44-76(83)64-39-20-7-21-40-64/h1-57H. The van der Waals surface area contributed by atoms with E-state index in [1.54, 1.807) is 0 Å². The Bertz CT molecular complexity index is 4650. The van der Waals surface area contributed by atoms with Crippen molar-refractivity contribution in [3.8, 4) is 100 Å². The number of fused-ring (bicyclic) bond motifs is 4. The molecule has 14 aromatic rings. The number of nitrogens with zero attached hydrogens (tertiary/aromatic N) is 2. The Labute approximate surface area is 510 Å². The van der Waals surface area contributed by atoms with Gasteiger partial charge in [-0.15, -0.1) is 0 Å². The van der Waals surface area contributed by atoms with Crippen molar-refractivity contribution in [3.05, 3.63) is 346 Å². The van der Waals surface area contributed by atoms with E-state index in [4.69, 9.17) is 0 Å². The quantitative estimate of drug-likeness (QED) is 0.119. The highest BCUT2D eigenvalue weighted by atomic mass is 15.2. The summed E-state index contributed by atoms with van der Waals surface area (Å²) in [6.45, 7) is -0.165. The Kier molecular flexibility index (Phi) is 13.0. The molecule has 0 radical (unpaired) electrons. The number of hydrogen-bond acceptors (Lipinski definition) is 2. The minimum Gasteiger partial charge on any atom is -0.311 e. The van der Waals surface area contributed by atoms with Gasteiger partial charge in [-0.1, -0.05) is 285 Å². The third-order valence-electron chi connectivity index (χ3n) is 17.6. The Morgan fingerprint density at radius 2 is 0.517 bits per heavy atom. The summed E-state index contributed by atoms with van der Waals surface area (Å²) in [5.74, 6) is 0. The zero-order chi connectivity index (χ0) is 57.6. The van der Waals surface area contributed by atoms with Crippen molar-refractivity contribution in [1.82, 2.24) is 0 Å². The van der Waals surface area contributed by atoms with Gasteiger partial charge in [0.1, 0.15) is 0 Å². The molecule has 3 heteroatoms. The summed E-state index contributed by atoms with van der Waals surface area (Å²) in [6.07, 6.45) is 0. The second kappa shape index (κ2) is 22.1. The van der Waals surface area contributed by atoms with Crippen LogP contribution < -0.4 is 26.2 Å². The Hall–Kier alpha value is -11.3. The normalized spacial score (nSPS) is 12.1. The summed E-state index contributed by atoms with van der Waals surface area (Å²) in [5, 5.41) is 0. The van der Waals surface area contributed by atoms with Crippen LogP contribution in [0.25, 0.3) is 100 Å². The molecule has 14 aromatic carbocycles. The summed E-state index contributed by atoms with van der Waals surface area (Å²) in [5.41, 5.74) is 31.4. The predicted octanol–water partition coefficient (Wildman–Crippen LogP) is 20.8. The lowest BCUT2D eigenvalue weighted by Crippen LogP contribution is -2.61. The van der Waals surface area contributed by atoms with Gasteiger partial charge in [0.15, 0.2) is 0 Å². The van der Waals surface area contributed by atoms with Crippen LogP contribution in [0.15, 0.2) is 346 Å². The summed E-state index contributed by atoms with van der Waals surface area (Å²) in [4.78, 5) is 5.20. The molecule has 406 valence electrons. The summed E-state index contributed by atoms with van der Waals surface area (Å²) in [6, 6.07) is 128. The van der Waals surface area contributed by atoms with Crippen LogP contribution >= 0.6 is 0 Å². The van der Waals surface area contributed by atoms with E-state index in [0.717, 1.165) is 95.3 Å². The monoisotopic (exact) mass is 1100 g/mol. The van der Waals surface area contributed by atoms with E-state index >= 15 is 0 Å². The average Bonchev–Trinajstić information content (AvgIpc) is 1.12. The van der Waals surface area contributed by atoms with Crippen molar-refractivity contribution in [2.75, 3.05) is 9.80 Å². The highest BCUT2D eigenvalue weighted by molar-refractivity contribution is 7.00. The van der Waals surface area contributed by atoms with Crippen LogP contribution in [0.2, 0.25) is 0 Å². The molecule has 2 heterocycles. The molecule has 0 unspecified atom stereocenters. The number of anilines is 6. The zero-order valence-electron chi connectivity index (χ0n) is 47.9. The summed E-state index contributed by atoms with van der Waals surface area (Å²) in [7, 11) is 0. The van der Waals surface area contributed by atoms with Crippen LogP contribution in [0.3, 0.4) is 0 Å². The van der Waals surface area contributed by atoms with Crippen molar-refractivity contribution in [2.24, 2.45) is 0 Å². The van der Waals surface area contributed by atoms with E-state index in [-0.39, 0.29) is 6.71 Å². The Balaban J connectivity index is 1.05. The average molecular weight is 1110 g/mol. The van der Waals surface area contributed by atoms with Gasteiger partial charge in [-0.25, -0.2) is 0 Å². The predicted molar refractivity (Wildman–Crippen MR) is 369 cm³/mol. The molecular formula is C84H57BN2. The second-order valence-corrected chi connectivity index (χ2v) is 22.7. The molecule has 0 fully saturated rings. The van der Waals surface area contributed by atoms with E-state index in [1.807, 2.05) is 0 Å². The van der Waals surface area contributed by atoms with Gasteiger partial charge in [-0.3, -0.25) is 0 Å². The molecule has 2 aliphatic rings.